The van der Waals surface area contributed by atoms with Crippen LogP contribution in [0.3, 0.4) is 0 Å². The van der Waals surface area contributed by atoms with Crippen LogP contribution in [0.15, 0.2) is 48.5 Å². The Morgan fingerprint density at radius 2 is 2.00 bits per heavy atom. The molecule has 0 saturated heterocycles. The Morgan fingerprint density at radius 3 is 2.64 bits per heavy atom. The Morgan fingerprint density at radius 1 is 1.27 bits per heavy atom. The lowest BCUT2D eigenvalue weighted by atomic mass is 10.1. The molecule has 0 fully saturated rings. The van der Waals surface area contributed by atoms with Crippen molar-refractivity contribution in [3.8, 4) is 5.75 Å². The maximum Gasteiger partial charge on any atom is 0.255 e. The molecule has 0 aromatic heterocycles. The fourth-order valence-corrected chi connectivity index (χ4v) is 2.35. The largest absolute Gasteiger partial charge is 0.496 e. The first-order chi connectivity index (χ1) is 10.6. The molecule has 2 N–H and O–H groups in total. The number of benzene rings is 2. The molecule has 0 bridgehead atoms. The molecule has 22 heavy (non-hydrogen) atoms. The molecule has 0 heterocycles. The number of aliphatic hydroxyl groups excluding tert-OH is 1. The van der Waals surface area contributed by atoms with Gasteiger partial charge in [-0.15, -0.1) is 0 Å². The average Bonchev–Trinajstić information content (AvgIpc) is 2.55. The number of hydrogen-bond acceptors (Lipinski definition) is 3. The standard InChI is InChI=1S/C17H18ClNO3/c1-22-16-8-7-13(18)10-15(16)17(21)19-14(11-20)9-12-5-3-2-4-6-12/h2-8,10,14,20H,9,11H2,1H3,(H,19,21). The van der Waals surface area contributed by atoms with Gasteiger partial charge in [0.05, 0.1) is 25.3 Å². The minimum atomic E-state index is -0.376. The highest BCUT2D eigenvalue weighted by molar-refractivity contribution is 6.31. The number of amides is 1. The van der Waals surface area contributed by atoms with Crippen molar-refractivity contribution < 1.29 is 14.6 Å². The van der Waals surface area contributed by atoms with Crippen LogP contribution in [-0.4, -0.2) is 30.8 Å². The van der Waals surface area contributed by atoms with Gasteiger partial charge in [0, 0.05) is 5.02 Å². The van der Waals surface area contributed by atoms with Crippen LogP contribution in [0, 0.1) is 0 Å². The summed E-state index contributed by atoms with van der Waals surface area (Å²) in [6, 6.07) is 14.1. The number of rotatable bonds is 6. The van der Waals surface area contributed by atoms with Gasteiger partial charge in [0.1, 0.15) is 5.75 Å². The molecule has 0 aliphatic rings. The third kappa shape index (κ3) is 4.23. The van der Waals surface area contributed by atoms with Crippen LogP contribution in [-0.2, 0) is 6.42 Å². The topological polar surface area (TPSA) is 58.6 Å². The Labute approximate surface area is 134 Å². The van der Waals surface area contributed by atoms with E-state index in [0.717, 1.165) is 5.56 Å². The lowest BCUT2D eigenvalue weighted by molar-refractivity contribution is 0.0913. The zero-order valence-electron chi connectivity index (χ0n) is 12.3. The van der Waals surface area contributed by atoms with Gasteiger partial charge < -0.3 is 15.2 Å². The van der Waals surface area contributed by atoms with E-state index in [1.807, 2.05) is 30.3 Å². The van der Waals surface area contributed by atoms with Crippen molar-refractivity contribution in [1.29, 1.82) is 0 Å². The number of nitrogens with one attached hydrogen (secondary N) is 1. The van der Waals surface area contributed by atoms with Crippen LogP contribution in [0.5, 0.6) is 5.75 Å². The molecule has 0 aliphatic carbocycles. The van der Waals surface area contributed by atoms with Crippen LogP contribution in [0.4, 0.5) is 0 Å². The van der Waals surface area contributed by atoms with Gasteiger partial charge in [0.15, 0.2) is 0 Å². The van der Waals surface area contributed by atoms with E-state index in [0.29, 0.717) is 22.8 Å². The van der Waals surface area contributed by atoms with E-state index in [-0.39, 0.29) is 18.6 Å². The first-order valence-electron chi connectivity index (χ1n) is 6.93. The van der Waals surface area contributed by atoms with E-state index in [1.54, 1.807) is 18.2 Å². The highest BCUT2D eigenvalue weighted by atomic mass is 35.5. The minimum absolute atomic E-state index is 0.149. The van der Waals surface area contributed by atoms with Gasteiger partial charge in [-0.25, -0.2) is 0 Å². The quantitative estimate of drug-likeness (QED) is 0.860. The highest BCUT2D eigenvalue weighted by Crippen LogP contribution is 2.22. The molecule has 1 atom stereocenters. The fourth-order valence-electron chi connectivity index (χ4n) is 2.18. The van der Waals surface area contributed by atoms with Crippen LogP contribution in [0.25, 0.3) is 0 Å². The molecule has 0 radical (unpaired) electrons. The summed E-state index contributed by atoms with van der Waals surface area (Å²) in [6.45, 7) is -0.149. The summed E-state index contributed by atoms with van der Waals surface area (Å²) in [5.41, 5.74) is 1.39. The molecule has 5 heteroatoms. The number of halogens is 1. The van der Waals surface area contributed by atoms with E-state index in [4.69, 9.17) is 16.3 Å². The number of carbonyl (C=O) groups excluding carboxylic acids is 1. The second-order valence-corrected chi connectivity index (χ2v) is 5.32. The van der Waals surface area contributed by atoms with Crippen LogP contribution in [0.2, 0.25) is 5.02 Å². The van der Waals surface area contributed by atoms with Crippen molar-refractivity contribution in [2.75, 3.05) is 13.7 Å². The van der Waals surface area contributed by atoms with Gasteiger partial charge in [-0.3, -0.25) is 4.79 Å². The molecule has 4 nitrogen and oxygen atoms in total. The van der Waals surface area contributed by atoms with E-state index in [1.165, 1.54) is 7.11 Å². The number of carbonyl (C=O) groups is 1. The Hall–Kier alpha value is -2.04. The summed E-state index contributed by atoms with van der Waals surface area (Å²) in [6.07, 6.45) is 0.548. The molecule has 0 saturated carbocycles. The smallest absolute Gasteiger partial charge is 0.255 e. The van der Waals surface area contributed by atoms with E-state index in [2.05, 4.69) is 5.32 Å². The van der Waals surface area contributed by atoms with Crippen molar-refractivity contribution in [2.24, 2.45) is 0 Å². The normalized spacial score (nSPS) is 11.8. The maximum absolute atomic E-state index is 12.4. The summed E-state index contributed by atoms with van der Waals surface area (Å²) in [5, 5.41) is 12.8. The molecule has 0 aliphatic heterocycles. The van der Waals surface area contributed by atoms with Crippen LogP contribution in [0.1, 0.15) is 15.9 Å². The lowest BCUT2D eigenvalue weighted by Gasteiger charge is -2.17. The summed E-state index contributed by atoms with van der Waals surface area (Å²) in [5.74, 6) is 0.118. The van der Waals surface area contributed by atoms with Crippen LogP contribution < -0.4 is 10.1 Å². The average molecular weight is 320 g/mol. The molecular weight excluding hydrogens is 302 g/mol. The Kier molecular flexibility index (Phi) is 5.81. The van der Waals surface area contributed by atoms with Gasteiger partial charge in [-0.05, 0) is 30.2 Å². The van der Waals surface area contributed by atoms with Crippen LogP contribution >= 0.6 is 11.6 Å². The second kappa shape index (κ2) is 7.82. The lowest BCUT2D eigenvalue weighted by Crippen LogP contribution is -2.39. The number of hydrogen-bond donors (Lipinski definition) is 2. The summed E-state index contributed by atoms with van der Waals surface area (Å²) in [4.78, 5) is 12.4. The molecule has 1 unspecified atom stereocenters. The monoisotopic (exact) mass is 319 g/mol. The molecule has 1 amide bonds. The van der Waals surface area contributed by atoms with Crippen molar-refractivity contribution in [3.63, 3.8) is 0 Å². The number of methoxy groups -OCH3 is 1. The molecule has 2 rings (SSSR count). The maximum atomic E-state index is 12.4. The second-order valence-electron chi connectivity index (χ2n) is 4.89. The van der Waals surface area contributed by atoms with Gasteiger partial charge in [0.25, 0.3) is 5.91 Å². The van der Waals surface area contributed by atoms with E-state index < -0.39 is 0 Å². The number of ether oxygens (including phenoxy) is 1. The van der Waals surface area contributed by atoms with Gasteiger partial charge in [0.2, 0.25) is 0 Å². The molecule has 2 aromatic carbocycles. The third-order valence-electron chi connectivity index (χ3n) is 3.29. The fraction of sp³-hybridized carbons (Fsp3) is 0.235. The zero-order valence-corrected chi connectivity index (χ0v) is 13.0. The third-order valence-corrected chi connectivity index (χ3v) is 3.52. The molecule has 0 spiro atoms. The van der Waals surface area contributed by atoms with Gasteiger partial charge in [-0.2, -0.15) is 0 Å². The molecule has 116 valence electrons. The SMILES string of the molecule is COc1ccc(Cl)cc1C(=O)NC(CO)Cc1ccccc1. The Balaban J connectivity index is 2.11. The van der Waals surface area contributed by atoms with Crippen molar-refractivity contribution in [3.05, 3.63) is 64.7 Å². The number of aliphatic hydroxyl groups is 1. The van der Waals surface area contributed by atoms with E-state index in [9.17, 15) is 9.90 Å². The first-order valence-corrected chi connectivity index (χ1v) is 7.31. The van der Waals surface area contributed by atoms with E-state index >= 15 is 0 Å². The molecular formula is C17H18ClNO3. The first kappa shape index (κ1) is 16.3. The minimum Gasteiger partial charge on any atom is -0.496 e. The predicted octanol–water partition coefficient (Wildman–Crippen LogP) is 2.68. The van der Waals surface area contributed by atoms with Crippen molar-refractivity contribution in [1.82, 2.24) is 5.32 Å². The molecule has 2 aromatic rings. The van der Waals surface area contributed by atoms with Crippen molar-refractivity contribution >= 4 is 17.5 Å². The summed E-state index contributed by atoms with van der Waals surface area (Å²) < 4.78 is 5.17. The summed E-state index contributed by atoms with van der Waals surface area (Å²) in [7, 11) is 1.49. The van der Waals surface area contributed by atoms with Gasteiger partial charge in [-0.1, -0.05) is 41.9 Å². The highest BCUT2D eigenvalue weighted by Gasteiger charge is 2.17. The predicted molar refractivity (Wildman–Crippen MR) is 86.5 cm³/mol. The van der Waals surface area contributed by atoms with Gasteiger partial charge >= 0.3 is 0 Å². The van der Waals surface area contributed by atoms with Crippen molar-refractivity contribution in [2.45, 2.75) is 12.5 Å². The Bertz CT molecular complexity index is 631. The summed E-state index contributed by atoms with van der Waals surface area (Å²) >= 11 is 5.93. The zero-order chi connectivity index (χ0) is 15.9.